The predicted octanol–water partition coefficient (Wildman–Crippen LogP) is 3.32. The number of nitro groups is 1. The Bertz CT molecular complexity index is 2210. The van der Waals surface area contributed by atoms with Gasteiger partial charge in [0.2, 0.25) is 24.6 Å². The minimum absolute atomic E-state index is 0.0136. The molecule has 4 amide bonds. The molecule has 61 heavy (non-hydrogen) atoms. The summed E-state index contributed by atoms with van der Waals surface area (Å²) in [5.74, 6) is 0.140. The number of imide groups is 1. The topological polar surface area (TPSA) is 243 Å². The highest BCUT2D eigenvalue weighted by Crippen LogP contribution is 2.34. The highest BCUT2D eigenvalue weighted by Gasteiger charge is 2.36. The van der Waals surface area contributed by atoms with Crippen LogP contribution in [0.3, 0.4) is 0 Å². The monoisotopic (exact) mass is 841 g/mol. The van der Waals surface area contributed by atoms with Crippen molar-refractivity contribution in [3.8, 4) is 17.4 Å². The number of benzene rings is 2. The third-order valence-electron chi connectivity index (χ3n) is 10.1. The van der Waals surface area contributed by atoms with Gasteiger partial charge in [-0.3, -0.25) is 34.4 Å². The number of carbonyl (C=O) groups is 4. The molecule has 0 radical (unpaired) electrons. The lowest BCUT2D eigenvalue weighted by Crippen LogP contribution is -2.57. The molecule has 20 nitrogen and oxygen atoms in total. The molecule has 1 fully saturated rings. The molecule has 1 saturated heterocycles. The number of anilines is 1. The first-order valence-electron chi connectivity index (χ1n) is 19.9. The highest BCUT2D eigenvalue weighted by atomic mass is 16.7. The molecule has 2 atom stereocenters. The second kappa shape index (κ2) is 19.6. The lowest BCUT2D eigenvalue weighted by Gasteiger charge is -2.42. The standard InChI is InChI=1S/C41H51N11O9/c1-41(2,3)61-40(56)48-17-18-51(35-12-14-45-39(46-35)49-16-15-44-25-49)30(24-48)21-36(53)50(22-27-8-11-33-34(19-27)60-26-59-33)23-29-10-9-28(20-32(29)52(57)58)37(54)47-38(55)31(43-4)7-5-6-13-42/h8-12,14-16,19-20,25,30-31,43H,5-7,13,17-18,21-24,26,42H2,1-4H3,(H,47,54,55)/t30?,31-/m0/s1. The molecule has 4 N–H and O–H groups in total. The van der Waals surface area contributed by atoms with E-state index in [0.29, 0.717) is 61.2 Å². The van der Waals surface area contributed by atoms with Crippen molar-refractivity contribution in [1.82, 2.24) is 40.0 Å². The number of hydrogen-bond donors (Lipinski definition) is 3. The Kier molecular flexibility index (Phi) is 14.1. The number of nitrogens with one attached hydrogen (secondary N) is 2. The number of unbranched alkanes of at least 4 members (excludes halogenated alkanes) is 1. The molecule has 0 aliphatic carbocycles. The number of aromatic nitrogens is 4. The van der Waals surface area contributed by atoms with Gasteiger partial charge in [0.1, 0.15) is 17.7 Å². The van der Waals surface area contributed by atoms with E-state index in [-0.39, 0.29) is 50.5 Å². The molecule has 2 aromatic carbocycles. The van der Waals surface area contributed by atoms with Crippen LogP contribution in [0, 0.1) is 10.1 Å². The van der Waals surface area contributed by atoms with Gasteiger partial charge in [0.05, 0.1) is 23.6 Å². The van der Waals surface area contributed by atoms with Gasteiger partial charge in [-0.15, -0.1) is 0 Å². The van der Waals surface area contributed by atoms with Crippen LogP contribution in [0.5, 0.6) is 11.5 Å². The number of nitro benzene ring substituents is 1. The van der Waals surface area contributed by atoms with Crippen LogP contribution in [0.25, 0.3) is 5.95 Å². The van der Waals surface area contributed by atoms with Crippen LogP contribution in [-0.4, -0.2) is 116 Å². The summed E-state index contributed by atoms with van der Waals surface area (Å²) in [5, 5.41) is 17.8. The number of piperazine rings is 1. The van der Waals surface area contributed by atoms with E-state index in [1.807, 2.05) is 4.90 Å². The molecule has 2 aliphatic rings. The van der Waals surface area contributed by atoms with Crippen LogP contribution in [0.2, 0.25) is 0 Å². The minimum Gasteiger partial charge on any atom is -0.454 e. The largest absolute Gasteiger partial charge is 0.454 e. The van der Waals surface area contributed by atoms with Crippen molar-refractivity contribution in [2.24, 2.45) is 5.73 Å². The molecule has 20 heteroatoms. The van der Waals surface area contributed by atoms with Crippen LogP contribution in [0.4, 0.5) is 16.3 Å². The predicted molar refractivity (Wildman–Crippen MR) is 221 cm³/mol. The number of nitrogens with two attached hydrogens (primary N) is 1. The number of imidazole rings is 1. The van der Waals surface area contributed by atoms with Gasteiger partial charge < -0.3 is 40.0 Å². The number of fused-ring (bicyclic) bond motifs is 1. The lowest BCUT2D eigenvalue weighted by molar-refractivity contribution is -0.385. The first-order chi connectivity index (χ1) is 29.2. The summed E-state index contributed by atoms with van der Waals surface area (Å²) in [6, 6.07) is 9.57. The SMILES string of the molecule is CN[C@@H](CCCCN)C(=O)NC(=O)c1ccc(CN(Cc2ccc3c(c2)OCO3)C(=O)CC2CN(C(=O)OC(C)(C)C)CCN2c2ccnc(-n3ccnc3)n2)c([N+](=O)[O-])c1. The summed E-state index contributed by atoms with van der Waals surface area (Å²) in [7, 11) is 1.60. The molecule has 6 rings (SSSR count). The molecular formula is C41H51N11O9. The average molecular weight is 842 g/mol. The number of ether oxygens (including phenoxy) is 3. The molecule has 0 saturated carbocycles. The highest BCUT2D eigenvalue weighted by molar-refractivity contribution is 6.06. The maximum atomic E-state index is 14.7. The van der Waals surface area contributed by atoms with Crippen molar-refractivity contribution in [2.45, 2.75) is 77.2 Å². The first-order valence-corrected chi connectivity index (χ1v) is 19.9. The van der Waals surface area contributed by atoms with Gasteiger partial charge in [0.25, 0.3) is 11.6 Å². The van der Waals surface area contributed by atoms with E-state index >= 15 is 0 Å². The summed E-state index contributed by atoms with van der Waals surface area (Å²) < 4.78 is 18.4. The zero-order valence-electron chi connectivity index (χ0n) is 34.6. The van der Waals surface area contributed by atoms with Gasteiger partial charge in [-0.25, -0.2) is 14.8 Å². The third-order valence-corrected chi connectivity index (χ3v) is 10.1. The molecule has 2 aliphatic heterocycles. The van der Waals surface area contributed by atoms with E-state index in [2.05, 4.69) is 20.6 Å². The number of hydrogen-bond acceptors (Lipinski definition) is 15. The normalized spacial score (nSPS) is 15.3. The Hall–Kier alpha value is -6.67. The molecule has 2 aromatic heterocycles. The van der Waals surface area contributed by atoms with E-state index in [1.165, 1.54) is 17.0 Å². The van der Waals surface area contributed by atoms with E-state index in [0.717, 1.165) is 6.07 Å². The quantitative estimate of drug-likeness (QED) is 0.0833. The molecule has 0 spiro atoms. The van der Waals surface area contributed by atoms with Crippen LogP contribution >= 0.6 is 0 Å². The minimum atomic E-state index is -0.806. The summed E-state index contributed by atoms with van der Waals surface area (Å²) >= 11 is 0. The van der Waals surface area contributed by atoms with Gasteiger partial charge >= 0.3 is 6.09 Å². The third kappa shape index (κ3) is 11.3. The van der Waals surface area contributed by atoms with Gasteiger partial charge in [0, 0.05) is 68.4 Å². The first kappa shape index (κ1) is 43.9. The van der Waals surface area contributed by atoms with E-state index in [1.54, 1.807) is 86.5 Å². The Morgan fingerprint density at radius 3 is 2.57 bits per heavy atom. The van der Waals surface area contributed by atoms with Crippen LogP contribution < -0.4 is 30.7 Å². The molecule has 0 bridgehead atoms. The Morgan fingerprint density at radius 1 is 1.05 bits per heavy atom. The van der Waals surface area contributed by atoms with Crippen molar-refractivity contribution in [3.63, 3.8) is 0 Å². The Morgan fingerprint density at radius 2 is 1.85 bits per heavy atom. The summed E-state index contributed by atoms with van der Waals surface area (Å²) in [5.41, 5.74) is 5.11. The summed E-state index contributed by atoms with van der Waals surface area (Å²) in [6.45, 7) is 6.32. The fourth-order valence-electron chi connectivity index (χ4n) is 7.03. The second-order valence-electron chi connectivity index (χ2n) is 15.6. The number of carbonyl (C=O) groups excluding carboxylic acids is 4. The lowest BCUT2D eigenvalue weighted by atomic mass is 10.0. The number of nitrogens with zero attached hydrogens (tertiary/aromatic N) is 8. The van der Waals surface area contributed by atoms with Gasteiger partial charge in [0.15, 0.2) is 11.5 Å². The Balaban J connectivity index is 1.29. The zero-order valence-corrected chi connectivity index (χ0v) is 34.6. The molecule has 4 heterocycles. The van der Waals surface area contributed by atoms with E-state index in [9.17, 15) is 29.3 Å². The maximum Gasteiger partial charge on any atom is 0.410 e. The smallest absolute Gasteiger partial charge is 0.410 e. The maximum absolute atomic E-state index is 14.7. The fraction of sp³-hybridized carbons (Fsp3) is 0.439. The number of rotatable bonds is 16. The molecule has 4 aromatic rings. The number of likely N-dealkylation sites (N-methyl/N-ethyl adjacent to an activating group) is 1. The van der Waals surface area contributed by atoms with Gasteiger partial charge in [-0.2, -0.15) is 4.98 Å². The molecule has 1 unspecified atom stereocenters. The second-order valence-corrected chi connectivity index (χ2v) is 15.6. The van der Waals surface area contributed by atoms with E-state index < -0.39 is 52.1 Å². The zero-order chi connectivity index (χ0) is 43.7. The summed E-state index contributed by atoms with van der Waals surface area (Å²) in [4.78, 5) is 84.3. The van der Waals surface area contributed by atoms with Crippen molar-refractivity contribution in [1.29, 1.82) is 0 Å². The molecular weight excluding hydrogens is 791 g/mol. The van der Waals surface area contributed by atoms with Crippen molar-refractivity contribution in [3.05, 3.63) is 94.2 Å². The van der Waals surface area contributed by atoms with E-state index in [4.69, 9.17) is 24.9 Å². The average Bonchev–Trinajstić information content (AvgIpc) is 3.95. The number of amides is 4. The van der Waals surface area contributed by atoms with Gasteiger partial charge in [-0.05, 0) is 83.1 Å². The molecule has 324 valence electrons. The fourth-order valence-corrected chi connectivity index (χ4v) is 7.03. The van der Waals surface area contributed by atoms with Crippen molar-refractivity contribution >= 4 is 35.3 Å². The van der Waals surface area contributed by atoms with Crippen LogP contribution in [0.15, 0.2) is 67.4 Å². The summed E-state index contributed by atoms with van der Waals surface area (Å²) in [6.07, 6.45) is 7.63. The van der Waals surface area contributed by atoms with Crippen LogP contribution in [0.1, 0.15) is 67.9 Å². The van der Waals surface area contributed by atoms with Crippen LogP contribution in [-0.2, 0) is 27.4 Å². The van der Waals surface area contributed by atoms with Gasteiger partial charge in [-0.1, -0.05) is 12.5 Å². The Labute approximate surface area is 352 Å². The van der Waals surface area contributed by atoms with Crippen molar-refractivity contribution in [2.75, 3.05) is 44.9 Å². The van der Waals surface area contributed by atoms with Crippen molar-refractivity contribution < 1.29 is 38.3 Å².